The number of esters is 1. The number of alkyl halides is 4. The molecule has 0 bridgehead atoms. The zero-order valence-electron chi connectivity index (χ0n) is 16.1. The van der Waals surface area contributed by atoms with Gasteiger partial charge in [-0.1, -0.05) is 58.3 Å². The van der Waals surface area contributed by atoms with Gasteiger partial charge in [0.25, 0.3) is 0 Å². The summed E-state index contributed by atoms with van der Waals surface area (Å²) in [4.78, 5) is 11.8. The van der Waals surface area contributed by atoms with E-state index in [9.17, 15) is 18.0 Å². The summed E-state index contributed by atoms with van der Waals surface area (Å²) in [6.45, 7) is 1.12. The van der Waals surface area contributed by atoms with E-state index >= 15 is 0 Å². The van der Waals surface area contributed by atoms with Gasteiger partial charge in [-0.3, -0.25) is 0 Å². The molecule has 0 radical (unpaired) electrons. The average Bonchev–Trinajstić information content (AvgIpc) is 3.08. The largest absolute Gasteiger partial charge is 0.451 e. The van der Waals surface area contributed by atoms with Crippen molar-refractivity contribution in [1.82, 2.24) is 4.57 Å². The first-order chi connectivity index (χ1) is 12.8. The van der Waals surface area contributed by atoms with Crippen LogP contribution in [0.25, 0.3) is 0 Å². The molecule has 0 amide bonds. The summed E-state index contributed by atoms with van der Waals surface area (Å²) in [6, 6.07) is 3.08. The Labute approximate surface area is 165 Å². The molecular formula is C20H31ClF3NO2. The SMILES string of the molecule is CCCCCCCCCCC(Cl)CCn1cccc1C(=O)OCC(F)(F)F. The fourth-order valence-electron chi connectivity index (χ4n) is 2.94. The third kappa shape index (κ3) is 11.3. The third-order valence-corrected chi connectivity index (χ3v) is 4.90. The van der Waals surface area contributed by atoms with Gasteiger partial charge in [-0.25, -0.2) is 4.79 Å². The van der Waals surface area contributed by atoms with Gasteiger partial charge in [-0.05, 0) is 25.0 Å². The number of rotatable bonds is 14. The van der Waals surface area contributed by atoms with Crippen LogP contribution in [0.5, 0.6) is 0 Å². The first-order valence-corrected chi connectivity index (χ1v) is 10.3. The van der Waals surface area contributed by atoms with Crippen LogP contribution in [-0.4, -0.2) is 28.7 Å². The Morgan fingerprint density at radius 1 is 1.11 bits per heavy atom. The maximum Gasteiger partial charge on any atom is 0.422 e. The number of aromatic nitrogens is 1. The molecule has 0 fully saturated rings. The fourth-order valence-corrected chi connectivity index (χ4v) is 3.19. The van der Waals surface area contributed by atoms with Crippen LogP contribution in [0, 0.1) is 0 Å². The molecule has 0 N–H and O–H groups in total. The summed E-state index contributed by atoms with van der Waals surface area (Å²) in [6.07, 6.45) is 8.67. The molecule has 156 valence electrons. The van der Waals surface area contributed by atoms with Crippen molar-refractivity contribution in [2.24, 2.45) is 0 Å². The molecule has 0 saturated heterocycles. The number of hydrogen-bond acceptors (Lipinski definition) is 2. The summed E-state index contributed by atoms with van der Waals surface area (Å²) < 4.78 is 42.4. The highest BCUT2D eigenvalue weighted by molar-refractivity contribution is 6.20. The number of carbonyl (C=O) groups is 1. The number of hydrogen-bond donors (Lipinski definition) is 0. The number of nitrogens with zero attached hydrogens (tertiary/aromatic N) is 1. The molecule has 1 heterocycles. The van der Waals surface area contributed by atoms with E-state index in [0.717, 1.165) is 12.8 Å². The molecule has 1 rings (SSSR count). The van der Waals surface area contributed by atoms with E-state index in [-0.39, 0.29) is 11.1 Å². The quantitative estimate of drug-likeness (QED) is 0.193. The fraction of sp³-hybridized carbons (Fsp3) is 0.750. The molecule has 1 unspecified atom stereocenters. The molecule has 0 aliphatic rings. The van der Waals surface area contributed by atoms with Gasteiger partial charge < -0.3 is 9.30 Å². The van der Waals surface area contributed by atoms with Crippen molar-refractivity contribution in [1.29, 1.82) is 0 Å². The van der Waals surface area contributed by atoms with Gasteiger partial charge in [0.05, 0.1) is 0 Å². The summed E-state index contributed by atoms with van der Waals surface area (Å²) in [5, 5.41) is -0.00784. The molecule has 1 atom stereocenters. The molecule has 0 saturated carbocycles. The molecule has 3 nitrogen and oxygen atoms in total. The second-order valence-corrected chi connectivity index (χ2v) is 7.54. The van der Waals surface area contributed by atoms with Crippen LogP contribution < -0.4 is 0 Å². The Bertz CT molecular complexity index is 532. The molecule has 0 aromatic carbocycles. The minimum Gasteiger partial charge on any atom is -0.451 e. The van der Waals surface area contributed by atoms with Crippen LogP contribution in [0.1, 0.15) is 81.6 Å². The number of unbranched alkanes of at least 4 members (excludes halogenated alkanes) is 7. The van der Waals surface area contributed by atoms with E-state index in [1.165, 1.54) is 51.0 Å². The number of ether oxygens (including phenoxy) is 1. The van der Waals surface area contributed by atoms with Crippen LogP contribution in [0.3, 0.4) is 0 Å². The van der Waals surface area contributed by atoms with Crippen LogP contribution in [0.4, 0.5) is 13.2 Å². The van der Waals surface area contributed by atoms with Crippen molar-refractivity contribution in [2.45, 2.75) is 89.2 Å². The highest BCUT2D eigenvalue weighted by Gasteiger charge is 2.30. The van der Waals surface area contributed by atoms with Crippen LogP contribution >= 0.6 is 11.6 Å². The van der Waals surface area contributed by atoms with Gasteiger partial charge in [0.2, 0.25) is 0 Å². The first-order valence-electron chi connectivity index (χ1n) is 9.86. The van der Waals surface area contributed by atoms with Crippen molar-refractivity contribution in [3.05, 3.63) is 24.0 Å². The van der Waals surface area contributed by atoms with Gasteiger partial charge in [0.15, 0.2) is 6.61 Å². The van der Waals surface area contributed by atoms with Crippen molar-refractivity contribution in [2.75, 3.05) is 6.61 Å². The second-order valence-electron chi connectivity index (χ2n) is 6.93. The Kier molecular flexibility index (Phi) is 11.6. The van der Waals surface area contributed by atoms with E-state index in [1.54, 1.807) is 16.8 Å². The molecule has 0 aliphatic heterocycles. The lowest BCUT2D eigenvalue weighted by atomic mass is 10.1. The minimum atomic E-state index is -4.52. The zero-order chi connectivity index (χ0) is 20.1. The predicted molar refractivity (Wildman–Crippen MR) is 102 cm³/mol. The van der Waals surface area contributed by atoms with Gasteiger partial charge in [-0.15, -0.1) is 11.6 Å². The van der Waals surface area contributed by atoms with Crippen LogP contribution in [-0.2, 0) is 11.3 Å². The molecular weight excluding hydrogens is 379 g/mol. The summed E-state index contributed by atoms with van der Waals surface area (Å²) in [7, 11) is 0. The van der Waals surface area contributed by atoms with E-state index < -0.39 is 18.8 Å². The molecule has 0 aliphatic carbocycles. The van der Waals surface area contributed by atoms with Crippen molar-refractivity contribution < 1.29 is 22.7 Å². The van der Waals surface area contributed by atoms with Crippen molar-refractivity contribution in [3.8, 4) is 0 Å². The highest BCUT2D eigenvalue weighted by Crippen LogP contribution is 2.18. The molecule has 7 heteroatoms. The lowest BCUT2D eigenvalue weighted by Crippen LogP contribution is -2.22. The van der Waals surface area contributed by atoms with Crippen molar-refractivity contribution in [3.63, 3.8) is 0 Å². The Morgan fingerprint density at radius 3 is 2.37 bits per heavy atom. The minimum absolute atomic E-state index is 0.00784. The summed E-state index contributed by atoms with van der Waals surface area (Å²) in [5.41, 5.74) is 0.121. The molecule has 0 spiro atoms. The third-order valence-electron chi connectivity index (χ3n) is 4.46. The predicted octanol–water partition coefficient (Wildman–Crippen LogP) is 6.74. The van der Waals surface area contributed by atoms with E-state index in [2.05, 4.69) is 11.7 Å². The average molecular weight is 410 g/mol. The monoisotopic (exact) mass is 409 g/mol. The number of carbonyl (C=O) groups excluding carboxylic acids is 1. The van der Waals surface area contributed by atoms with E-state index in [1.807, 2.05) is 0 Å². The second kappa shape index (κ2) is 13.1. The summed E-state index contributed by atoms with van der Waals surface area (Å²) in [5.74, 6) is -0.966. The number of aryl methyl sites for hydroxylation is 1. The Morgan fingerprint density at radius 2 is 1.74 bits per heavy atom. The Balaban J connectivity index is 2.22. The standard InChI is InChI=1S/C20H31ClF3NO2/c1-2-3-4-5-6-7-8-9-11-17(21)13-15-25-14-10-12-18(25)19(26)27-16-20(22,23)24/h10,12,14,17H,2-9,11,13,15-16H2,1H3. The smallest absolute Gasteiger partial charge is 0.422 e. The lowest BCUT2D eigenvalue weighted by molar-refractivity contribution is -0.161. The van der Waals surface area contributed by atoms with Crippen molar-refractivity contribution >= 4 is 17.6 Å². The maximum absolute atomic E-state index is 12.2. The molecule has 1 aromatic rings. The normalized spacial score (nSPS) is 12.9. The first kappa shape index (κ1) is 23.9. The highest BCUT2D eigenvalue weighted by atomic mass is 35.5. The van der Waals surface area contributed by atoms with Crippen LogP contribution in [0.15, 0.2) is 18.3 Å². The molecule has 27 heavy (non-hydrogen) atoms. The van der Waals surface area contributed by atoms with Gasteiger partial charge in [0.1, 0.15) is 5.69 Å². The summed E-state index contributed by atoms with van der Waals surface area (Å²) >= 11 is 6.35. The van der Waals surface area contributed by atoms with Crippen LogP contribution in [0.2, 0.25) is 0 Å². The number of halogens is 4. The zero-order valence-corrected chi connectivity index (χ0v) is 16.8. The topological polar surface area (TPSA) is 31.2 Å². The molecule has 1 aromatic heterocycles. The maximum atomic E-state index is 12.2. The van der Waals surface area contributed by atoms with Gasteiger partial charge in [-0.2, -0.15) is 13.2 Å². The van der Waals surface area contributed by atoms with Gasteiger partial charge >= 0.3 is 12.1 Å². The van der Waals surface area contributed by atoms with E-state index in [4.69, 9.17) is 11.6 Å². The Hall–Kier alpha value is -1.17. The van der Waals surface area contributed by atoms with E-state index in [0.29, 0.717) is 13.0 Å². The van der Waals surface area contributed by atoms with Gasteiger partial charge in [0, 0.05) is 18.1 Å². The lowest BCUT2D eigenvalue weighted by Gasteiger charge is -2.13.